The van der Waals surface area contributed by atoms with Crippen molar-refractivity contribution in [2.45, 2.75) is 50.7 Å². The number of nitrogens with one attached hydrogen (secondary N) is 2. The van der Waals surface area contributed by atoms with Crippen molar-refractivity contribution in [2.24, 2.45) is 7.05 Å². The number of esters is 1. The number of thioether (sulfide) groups is 1. The number of thiophene rings is 1. The van der Waals surface area contributed by atoms with E-state index >= 15 is 0 Å². The first-order chi connectivity index (χ1) is 18.3. The van der Waals surface area contributed by atoms with Gasteiger partial charge in [0.2, 0.25) is 5.91 Å². The van der Waals surface area contributed by atoms with Crippen LogP contribution in [-0.2, 0) is 36.0 Å². The molecule has 1 aromatic carbocycles. The Morgan fingerprint density at radius 3 is 2.74 bits per heavy atom. The second-order valence-corrected chi connectivity index (χ2v) is 11.0. The second-order valence-electron chi connectivity index (χ2n) is 8.56. The summed E-state index contributed by atoms with van der Waals surface area (Å²) in [7, 11) is 1.70. The first-order valence-corrected chi connectivity index (χ1v) is 14.3. The number of hydrogen-bond acceptors (Lipinski definition) is 8. The summed E-state index contributed by atoms with van der Waals surface area (Å²) in [4.78, 5) is 39.0. The molecular formula is C25H27ClFN5O4S2. The Kier molecular flexibility index (Phi) is 9.40. The zero-order chi connectivity index (χ0) is 27.2. The average Bonchev–Trinajstić information content (AvgIpc) is 3.31. The van der Waals surface area contributed by atoms with Crippen LogP contribution in [0.25, 0.3) is 0 Å². The number of hydrogen-bond donors (Lipinski definition) is 2. The third-order valence-electron chi connectivity index (χ3n) is 6.01. The van der Waals surface area contributed by atoms with Crippen LogP contribution in [0.5, 0.6) is 0 Å². The van der Waals surface area contributed by atoms with Gasteiger partial charge in [-0.25, -0.2) is 9.18 Å². The van der Waals surface area contributed by atoms with Crippen LogP contribution in [0.3, 0.4) is 0 Å². The lowest BCUT2D eigenvalue weighted by molar-refractivity contribution is -0.113. The minimum absolute atomic E-state index is 0.0102. The highest BCUT2D eigenvalue weighted by Gasteiger charge is 2.27. The molecule has 2 heterocycles. The summed E-state index contributed by atoms with van der Waals surface area (Å²) < 4.78 is 20.9. The van der Waals surface area contributed by atoms with Crippen molar-refractivity contribution in [2.75, 3.05) is 17.7 Å². The summed E-state index contributed by atoms with van der Waals surface area (Å²) in [5.41, 5.74) is 1.22. The lowest BCUT2D eigenvalue weighted by Crippen LogP contribution is -2.25. The van der Waals surface area contributed by atoms with Crippen LogP contribution < -0.4 is 10.6 Å². The highest BCUT2D eigenvalue weighted by molar-refractivity contribution is 7.99. The van der Waals surface area contributed by atoms with Gasteiger partial charge in [-0.3, -0.25) is 9.59 Å². The van der Waals surface area contributed by atoms with E-state index in [0.29, 0.717) is 21.5 Å². The topological polar surface area (TPSA) is 115 Å². The largest absolute Gasteiger partial charge is 0.462 e. The van der Waals surface area contributed by atoms with Crippen LogP contribution in [-0.4, -0.2) is 44.9 Å². The van der Waals surface area contributed by atoms with Crippen molar-refractivity contribution in [3.8, 4) is 0 Å². The molecule has 38 heavy (non-hydrogen) atoms. The number of fused-ring (bicyclic) bond motifs is 1. The average molecular weight is 580 g/mol. The van der Waals surface area contributed by atoms with E-state index in [2.05, 4.69) is 20.8 Å². The molecule has 0 unspecified atom stereocenters. The van der Waals surface area contributed by atoms with Crippen LogP contribution in [0.15, 0.2) is 23.4 Å². The van der Waals surface area contributed by atoms with Crippen molar-refractivity contribution >= 4 is 57.5 Å². The van der Waals surface area contributed by atoms with Gasteiger partial charge in [0.05, 0.1) is 35.1 Å². The van der Waals surface area contributed by atoms with E-state index in [1.54, 1.807) is 18.5 Å². The molecule has 9 nitrogen and oxygen atoms in total. The SMILES string of the molecule is CCOC(=O)c1c(NC(=O)CSc2nnc(CNC(=O)c3c(F)cccc3Cl)n2C)sc2c1CCCCC2. The lowest BCUT2D eigenvalue weighted by atomic mass is 10.1. The van der Waals surface area contributed by atoms with E-state index in [9.17, 15) is 18.8 Å². The monoisotopic (exact) mass is 579 g/mol. The van der Waals surface area contributed by atoms with E-state index in [4.69, 9.17) is 16.3 Å². The van der Waals surface area contributed by atoms with Crippen molar-refractivity contribution in [1.82, 2.24) is 20.1 Å². The molecule has 0 fully saturated rings. The number of carbonyl (C=O) groups excluding carboxylic acids is 3. The normalized spacial score (nSPS) is 12.9. The highest BCUT2D eigenvalue weighted by atomic mass is 35.5. The van der Waals surface area contributed by atoms with E-state index in [0.717, 1.165) is 48.6 Å². The smallest absolute Gasteiger partial charge is 0.341 e. The number of carbonyl (C=O) groups is 3. The van der Waals surface area contributed by atoms with Crippen molar-refractivity contribution in [3.05, 3.63) is 56.4 Å². The predicted octanol–water partition coefficient (Wildman–Crippen LogP) is 4.78. The molecule has 2 aromatic heterocycles. The second kappa shape index (κ2) is 12.7. The maximum atomic E-state index is 14.0. The summed E-state index contributed by atoms with van der Waals surface area (Å²) >= 11 is 8.56. The Labute approximate surface area is 232 Å². The summed E-state index contributed by atoms with van der Waals surface area (Å²) in [6.07, 6.45) is 4.86. The van der Waals surface area contributed by atoms with Gasteiger partial charge in [-0.15, -0.1) is 21.5 Å². The van der Waals surface area contributed by atoms with Gasteiger partial charge in [-0.05, 0) is 50.3 Å². The Hall–Kier alpha value is -2.96. The Bertz CT molecular complexity index is 1340. The van der Waals surface area contributed by atoms with Gasteiger partial charge in [0.15, 0.2) is 11.0 Å². The van der Waals surface area contributed by atoms with Crippen LogP contribution in [0.4, 0.5) is 9.39 Å². The number of aromatic nitrogens is 3. The summed E-state index contributed by atoms with van der Waals surface area (Å²) in [5.74, 6) is -1.63. The van der Waals surface area contributed by atoms with Crippen molar-refractivity contribution < 1.29 is 23.5 Å². The number of aryl methyl sites for hydroxylation is 1. The quantitative estimate of drug-likeness (QED) is 0.213. The molecule has 0 bridgehead atoms. The van der Waals surface area contributed by atoms with E-state index in [1.807, 2.05) is 0 Å². The Morgan fingerprint density at radius 1 is 1.18 bits per heavy atom. The molecule has 0 spiro atoms. The number of halogens is 2. The van der Waals surface area contributed by atoms with Crippen molar-refractivity contribution in [1.29, 1.82) is 0 Å². The molecule has 202 valence electrons. The first kappa shape index (κ1) is 28.1. The molecule has 2 amide bonds. The van der Waals surface area contributed by atoms with Crippen LogP contribution >= 0.6 is 34.7 Å². The molecule has 0 saturated carbocycles. The zero-order valence-corrected chi connectivity index (χ0v) is 23.3. The highest BCUT2D eigenvalue weighted by Crippen LogP contribution is 2.38. The Balaban J connectivity index is 1.38. The number of ether oxygens (including phenoxy) is 1. The molecule has 0 atom stereocenters. The van der Waals surface area contributed by atoms with Crippen LogP contribution in [0.1, 0.15) is 63.2 Å². The molecule has 1 aliphatic rings. The maximum Gasteiger partial charge on any atom is 0.341 e. The van der Waals surface area contributed by atoms with Gasteiger partial charge in [-0.2, -0.15) is 0 Å². The molecule has 1 aliphatic carbocycles. The molecule has 0 radical (unpaired) electrons. The fourth-order valence-electron chi connectivity index (χ4n) is 4.13. The summed E-state index contributed by atoms with van der Waals surface area (Å²) in [6.45, 7) is 2.01. The van der Waals surface area contributed by atoms with Crippen LogP contribution in [0.2, 0.25) is 5.02 Å². The minimum Gasteiger partial charge on any atom is -0.462 e. The lowest BCUT2D eigenvalue weighted by Gasteiger charge is -2.09. The number of nitrogens with zero attached hydrogens (tertiary/aromatic N) is 3. The number of anilines is 1. The van der Waals surface area contributed by atoms with Gasteiger partial charge in [-0.1, -0.05) is 35.9 Å². The zero-order valence-electron chi connectivity index (χ0n) is 20.9. The van der Waals surface area contributed by atoms with Crippen LogP contribution in [0, 0.1) is 5.82 Å². The number of amides is 2. The predicted molar refractivity (Wildman–Crippen MR) is 144 cm³/mol. The molecule has 0 saturated heterocycles. The molecular weight excluding hydrogens is 553 g/mol. The van der Waals surface area contributed by atoms with Gasteiger partial charge in [0.25, 0.3) is 5.91 Å². The fraction of sp³-hybridized carbons (Fsp3) is 0.400. The van der Waals surface area contributed by atoms with Gasteiger partial charge in [0.1, 0.15) is 10.8 Å². The minimum atomic E-state index is -0.719. The molecule has 0 aliphatic heterocycles. The number of benzene rings is 1. The molecule has 4 rings (SSSR count). The van der Waals surface area contributed by atoms with Gasteiger partial charge < -0.3 is 19.9 Å². The molecule has 2 N–H and O–H groups in total. The van der Waals surface area contributed by atoms with Gasteiger partial charge in [0, 0.05) is 11.9 Å². The fourth-order valence-corrected chi connectivity index (χ4v) is 6.40. The third-order valence-corrected chi connectivity index (χ3v) is 8.55. The third kappa shape index (κ3) is 6.36. The molecule has 13 heteroatoms. The van der Waals surface area contributed by atoms with Gasteiger partial charge >= 0.3 is 5.97 Å². The Morgan fingerprint density at radius 2 is 1.97 bits per heavy atom. The first-order valence-electron chi connectivity index (χ1n) is 12.1. The number of rotatable bonds is 9. The summed E-state index contributed by atoms with van der Waals surface area (Å²) in [5, 5.41) is 14.6. The standard InChI is InChI=1S/C25H27ClFN5O4S2/c1-3-36-24(35)20-14-8-5-4-6-11-17(14)38-23(20)29-19(33)13-37-25-31-30-18(32(25)2)12-28-22(34)21-15(26)9-7-10-16(21)27/h7,9-10H,3-6,8,11-13H2,1-2H3,(H,28,34)(H,29,33). The maximum absolute atomic E-state index is 14.0. The van der Waals surface area contributed by atoms with E-state index in [-0.39, 0.29) is 35.4 Å². The van der Waals surface area contributed by atoms with Crippen molar-refractivity contribution in [3.63, 3.8) is 0 Å². The molecule has 3 aromatic rings. The van der Waals surface area contributed by atoms with E-state index < -0.39 is 17.7 Å². The summed E-state index contributed by atoms with van der Waals surface area (Å²) in [6, 6.07) is 4.01. The van der Waals surface area contributed by atoms with E-state index in [1.165, 1.54) is 35.2 Å².